The highest BCUT2D eigenvalue weighted by Gasteiger charge is 2.12. The van der Waals surface area contributed by atoms with Crippen molar-refractivity contribution in [1.29, 1.82) is 0 Å². The fourth-order valence-corrected chi connectivity index (χ4v) is 1.19. The van der Waals surface area contributed by atoms with Crippen LogP contribution in [-0.4, -0.2) is 28.8 Å². The monoisotopic (exact) mass is 238 g/mol. The van der Waals surface area contributed by atoms with Crippen molar-refractivity contribution in [2.24, 2.45) is 5.92 Å². The molecule has 0 radical (unpaired) electrons. The Balaban J connectivity index is 3.04. The molecule has 0 saturated heterocycles. The Morgan fingerprint density at radius 1 is 1.12 bits per heavy atom. The van der Waals surface area contributed by atoms with Gasteiger partial charge >= 0.3 is 11.9 Å². The zero-order chi connectivity index (χ0) is 13.0. The molecular weight excluding hydrogens is 224 g/mol. The topological polar surface area (TPSA) is 83.8 Å². The molecule has 0 aliphatic rings. The van der Waals surface area contributed by atoms with Crippen LogP contribution in [0.1, 0.15) is 34.6 Å². The van der Waals surface area contributed by atoms with Crippen LogP contribution in [0.2, 0.25) is 0 Å². The Kier molecular flexibility index (Phi) is 4.09. The molecule has 0 bridgehead atoms. The summed E-state index contributed by atoms with van der Waals surface area (Å²) >= 11 is 0. The van der Waals surface area contributed by atoms with Crippen LogP contribution >= 0.6 is 0 Å². The lowest BCUT2D eigenvalue weighted by molar-refractivity contribution is 0.0696. The molecular formula is C12H14O5. The van der Waals surface area contributed by atoms with E-state index in [1.807, 2.05) is 13.8 Å². The van der Waals surface area contributed by atoms with Crippen LogP contribution in [-0.2, 0) is 0 Å². The first kappa shape index (κ1) is 13.0. The highest BCUT2D eigenvalue weighted by molar-refractivity contribution is 5.94. The summed E-state index contributed by atoms with van der Waals surface area (Å²) in [5, 5.41) is 17.7. The van der Waals surface area contributed by atoms with E-state index in [9.17, 15) is 9.59 Å². The van der Waals surface area contributed by atoms with Crippen molar-refractivity contribution in [3.63, 3.8) is 0 Å². The molecule has 5 nitrogen and oxygen atoms in total. The summed E-state index contributed by atoms with van der Waals surface area (Å²) in [6.07, 6.45) is 0. The summed E-state index contributed by atoms with van der Waals surface area (Å²) in [4.78, 5) is 21.6. The standard InChI is InChI=1S/C12H14O5/c1-7(2)6-17-10-4-8(11(13)14)3-9(5-10)12(15)16/h3-5,7H,6H2,1-2H3,(H,13,14)(H,15,16). The van der Waals surface area contributed by atoms with Gasteiger partial charge in [0.1, 0.15) is 5.75 Å². The van der Waals surface area contributed by atoms with Crippen LogP contribution < -0.4 is 4.74 Å². The van der Waals surface area contributed by atoms with E-state index in [4.69, 9.17) is 14.9 Å². The summed E-state index contributed by atoms with van der Waals surface area (Å²) < 4.78 is 5.32. The minimum absolute atomic E-state index is 0.0938. The number of hydrogen-bond acceptors (Lipinski definition) is 3. The average Bonchev–Trinajstić information content (AvgIpc) is 2.25. The van der Waals surface area contributed by atoms with E-state index in [0.717, 1.165) is 6.07 Å². The van der Waals surface area contributed by atoms with E-state index in [2.05, 4.69) is 0 Å². The van der Waals surface area contributed by atoms with Gasteiger partial charge in [-0.25, -0.2) is 9.59 Å². The van der Waals surface area contributed by atoms with Gasteiger partial charge in [0.15, 0.2) is 0 Å². The molecule has 0 saturated carbocycles. The molecule has 0 amide bonds. The van der Waals surface area contributed by atoms with Gasteiger partial charge in [-0.05, 0) is 24.1 Å². The molecule has 0 fully saturated rings. The van der Waals surface area contributed by atoms with Crippen molar-refractivity contribution >= 4 is 11.9 Å². The zero-order valence-corrected chi connectivity index (χ0v) is 9.64. The second-order valence-corrected chi connectivity index (χ2v) is 4.06. The van der Waals surface area contributed by atoms with E-state index in [0.29, 0.717) is 6.61 Å². The van der Waals surface area contributed by atoms with Crippen molar-refractivity contribution in [1.82, 2.24) is 0 Å². The SMILES string of the molecule is CC(C)COc1cc(C(=O)O)cc(C(=O)O)c1. The molecule has 1 aromatic rings. The van der Waals surface area contributed by atoms with E-state index in [1.54, 1.807) is 0 Å². The highest BCUT2D eigenvalue weighted by Crippen LogP contribution is 2.18. The number of carbonyl (C=O) groups is 2. The molecule has 17 heavy (non-hydrogen) atoms. The number of carboxylic acid groups (broad SMARTS) is 2. The summed E-state index contributed by atoms with van der Waals surface area (Å²) in [7, 11) is 0. The van der Waals surface area contributed by atoms with Crippen molar-refractivity contribution in [3.8, 4) is 5.75 Å². The van der Waals surface area contributed by atoms with Crippen molar-refractivity contribution in [2.75, 3.05) is 6.61 Å². The van der Waals surface area contributed by atoms with Crippen molar-refractivity contribution in [3.05, 3.63) is 29.3 Å². The third-order valence-electron chi connectivity index (χ3n) is 1.98. The van der Waals surface area contributed by atoms with Gasteiger partial charge in [0.2, 0.25) is 0 Å². The predicted molar refractivity (Wildman–Crippen MR) is 60.7 cm³/mol. The molecule has 0 spiro atoms. The van der Waals surface area contributed by atoms with Crippen LogP contribution in [0.4, 0.5) is 0 Å². The fourth-order valence-electron chi connectivity index (χ4n) is 1.19. The molecule has 0 heterocycles. The second-order valence-electron chi connectivity index (χ2n) is 4.06. The smallest absolute Gasteiger partial charge is 0.335 e. The van der Waals surface area contributed by atoms with Gasteiger partial charge in [0, 0.05) is 0 Å². The van der Waals surface area contributed by atoms with Crippen molar-refractivity contribution in [2.45, 2.75) is 13.8 Å². The number of hydrogen-bond donors (Lipinski definition) is 2. The number of aromatic carboxylic acids is 2. The van der Waals surface area contributed by atoms with Crippen molar-refractivity contribution < 1.29 is 24.5 Å². The highest BCUT2D eigenvalue weighted by atomic mass is 16.5. The lowest BCUT2D eigenvalue weighted by atomic mass is 10.1. The van der Waals surface area contributed by atoms with Crippen LogP contribution in [0.3, 0.4) is 0 Å². The van der Waals surface area contributed by atoms with Gasteiger partial charge < -0.3 is 14.9 Å². The Bertz CT molecular complexity index is 404. The molecule has 5 heteroatoms. The lowest BCUT2D eigenvalue weighted by Gasteiger charge is -2.10. The Morgan fingerprint density at radius 3 is 1.94 bits per heavy atom. The van der Waals surface area contributed by atoms with Crippen LogP contribution in [0.15, 0.2) is 18.2 Å². The summed E-state index contributed by atoms with van der Waals surface area (Å²) in [5.41, 5.74) is -0.188. The van der Waals surface area contributed by atoms with Gasteiger partial charge in [-0.2, -0.15) is 0 Å². The maximum Gasteiger partial charge on any atom is 0.335 e. The number of carboxylic acids is 2. The van der Waals surface area contributed by atoms with Crippen LogP contribution in [0.25, 0.3) is 0 Å². The van der Waals surface area contributed by atoms with E-state index in [1.165, 1.54) is 12.1 Å². The van der Waals surface area contributed by atoms with Gasteiger partial charge in [-0.3, -0.25) is 0 Å². The minimum Gasteiger partial charge on any atom is -0.493 e. The molecule has 0 aromatic heterocycles. The molecule has 1 aromatic carbocycles. The Morgan fingerprint density at radius 2 is 1.59 bits per heavy atom. The maximum absolute atomic E-state index is 10.8. The molecule has 0 aliphatic carbocycles. The normalized spacial score (nSPS) is 10.3. The van der Waals surface area contributed by atoms with Crippen LogP contribution in [0.5, 0.6) is 5.75 Å². The Hall–Kier alpha value is -2.04. The predicted octanol–water partition coefficient (Wildman–Crippen LogP) is 2.12. The first-order valence-corrected chi connectivity index (χ1v) is 5.14. The summed E-state index contributed by atoms with van der Waals surface area (Å²) in [6.45, 7) is 4.29. The van der Waals surface area contributed by atoms with Gasteiger partial charge in [0.25, 0.3) is 0 Å². The molecule has 0 aliphatic heterocycles. The first-order chi connectivity index (χ1) is 7.90. The number of ether oxygens (including phenoxy) is 1. The molecule has 92 valence electrons. The average molecular weight is 238 g/mol. The van der Waals surface area contributed by atoms with Gasteiger partial charge in [-0.15, -0.1) is 0 Å². The first-order valence-electron chi connectivity index (χ1n) is 5.14. The van der Waals surface area contributed by atoms with E-state index >= 15 is 0 Å². The van der Waals surface area contributed by atoms with E-state index in [-0.39, 0.29) is 22.8 Å². The molecule has 0 atom stereocenters. The largest absolute Gasteiger partial charge is 0.493 e. The third kappa shape index (κ3) is 3.79. The minimum atomic E-state index is -1.18. The van der Waals surface area contributed by atoms with E-state index < -0.39 is 11.9 Å². The summed E-state index contributed by atoms with van der Waals surface area (Å²) in [6, 6.07) is 3.74. The Labute approximate surface area is 98.6 Å². The second kappa shape index (κ2) is 5.34. The zero-order valence-electron chi connectivity index (χ0n) is 9.64. The molecule has 0 unspecified atom stereocenters. The lowest BCUT2D eigenvalue weighted by Crippen LogP contribution is -2.07. The third-order valence-corrected chi connectivity index (χ3v) is 1.98. The summed E-state index contributed by atoms with van der Waals surface area (Å²) in [5.74, 6) is -1.82. The van der Waals surface area contributed by atoms with Gasteiger partial charge in [0.05, 0.1) is 17.7 Å². The quantitative estimate of drug-likeness (QED) is 0.820. The molecule has 2 N–H and O–H groups in total. The van der Waals surface area contributed by atoms with Gasteiger partial charge in [-0.1, -0.05) is 13.8 Å². The van der Waals surface area contributed by atoms with Crippen LogP contribution in [0, 0.1) is 5.92 Å². The number of rotatable bonds is 5. The maximum atomic E-state index is 10.8. The molecule has 1 rings (SSSR count). The number of benzene rings is 1. The fraction of sp³-hybridized carbons (Fsp3) is 0.333.